The standard InChI is InChI=1S/C19H20FN7/c1-12-7-15(20)8-16-18(12)22-10-14(9-21)19(16)27-5-3-26(4-6-27)11-17-23-13(2)24-25-17/h7-8,10H,3-6,11H2,1-2H3,(H,23,24,25). The first-order valence-electron chi connectivity index (χ1n) is 8.89. The minimum absolute atomic E-state index is 0.309. The van der Waals surface area contributed by atoms with Crippen molar-refractivity contribution in [2.45, 2.75) is 20.4 Å². The lowest BCUT2D eigenvalue weighted by Crippen LogP contribution is -2.46. The molecular formula is C19H20FN7. The first-order chi connectivity index (χ1) is 13.0. The lowest BCUT2D eigenvalue weighted by molar-refractivity contribution is 0.244. The molecule has 1 aliphatic rings. The molecule has 2 aromatic heterocycles. The van der Waals surface area contributed by atoms with Gasteiger partial charge in [-0.1, -0.05) is 0 Å². The van der Waals surface area contributed by atoms with Crippen LogP contribution in [-0.2, 0) is 6.54 Å². The lowest BCUT2D eigenvalue weighted by atomic mass is 10.0. The number of nitrogens with one attached hydrogen (secondary N) is 1. The molecule has 1 fully saturated rings. The number of anilines is 1. The van der Waals surface area contributed by atoms with E-state index < -0.39 is 0 Å². The highest BCUT2D eigenvalue weighted by Gasteiger charge is 2.23. The molecule has 0 radical (unpaired) electrons. The van der Waals surface area contributed by atoms with Crippen LogP contribution in [0.5, 0.6) is 0 Å². The van der Waals surface area contributed by atoms with Crippen LogP contribution in [0.1, 0.15) is 22.8 Å². The Bertz CT molecular complexity index is 1030. The average molecular weight is 365 g/mol. The van der Waals surface area contributed by atoms with Crippen molar-refractivity contribution in [1.82, 2.24) is 25.1 Å². The fourth-order valence-electron chi connectivity index (χ4n) is 3.63. The van der Waals surface area contributed by atoms with Crippen LogP contribution in [0.4, 0.5) is 10.1 Å². The molecule has 0 amide bonds. The molecule has 0 atom stereocenters. The second kappa shape index (κ2) is 6.93. The van der Waals surface area contributed by atoms with Crippen LogP contribution in [0.2, 0.25) is 0 Å². The SMILES string of the molecule is Cc1nc(CN2CCN(c3c(C#N)cnc4c(C)cc(F)cc34)CC2)n[nH]1. The Morgan fingerprint density at radius 1 is 1.22 bits per heavy atom. The number of halogens is 1. The third kappa shape index (κ3) is 3.34. The van der Waals surface area contributed by atoms with Gasteiger partial charge in [0, 0.05) is 37.8 Å². The van der Waals surface area contributed by atoms with E-state index in [-0.39, 0.29) is 5.82 Å². The summed E-state index contributed by atoms with van der Waals surface area (Å²) in [6.45, 7) is 7.53. The van der Waals surface area contributed by atoms with Gasteiger partial charge in [0.15, 0.2) is 5.82 Å². The Balaban J connectivity index is 1.61. The Morgan fingerprint density at radius 3 is 2.67 bits per heavy atom. The summed E-state index contributed by atoms with van der Waals surface area (Å²) in [7, 11) is 0. The van der Waals surface area contributed by atoms with E-state index in [0.717, 1.165) is 54.6 Å². The molecule has 138 valence electrons. The van der Waals surface area contributed by atoms with E-state index in [9.17, 15) is 9.65 Å². The summed E-state index contributed by atoms with van der Waals surface area (Å²) in [5, 5.41) is 17.3. The van der Waals surface area contributed by atoms with Crippen LogP contribution in [-0.4, -0.2) is 51.2 Å². The molecule has 0 spiro atoms. The molecule has 0 bridgehead atoms. The van der Waals surface area contributed by atoms with Gasteiger partial charge in [0.05, 0.1) is 23.3 Å². The van der Waals surface area contributed by atoms with Gasteiger partial charge < -0.3 is 4.90 Å². The van der Waals surface area contributed by atoms with Crippen molar-refractivity contribution in [2.24, 2.45) is 0 Å². The van der Waals surface area contributed by atoms with Gasteiger partial charge in [-0.3, -0.25) is 15.0 Å². The Hall–Kier alpha value is -3.05. The van der Waals surface area contributed by atoms with Gasteiger partial charge in [-0.15, -0.1) is 0 Å². The highest BCUT2D eigenvalue weighted by Crippen LogP contribution is 2.32. The Morgan fingerprint density at radius 2 is 2.00 bits per heavy atom. The summed E-state index contributed by atoms with van der Waals surface area (Å²) < 4.78 is 14.0. The minimum atomic E-state index is -0.309. The maximum atomic E-state index is 14.0. The summed E-state index contributed by atoms with van der Waals surface area (Å²) in [5.41, 5.74) is 2.77. The first-order valence-corrected chi connectivity index (χ1v) is 8.89. The number of fused-ring (bicyclic) bond motifs is 1. The fourth-order valence-corrected chi connectivity index (χ4v) is 3.63. The van der Waals surface area contributed by atoms with Crippen LogP contribution in [0.25, 0.3) is 10.9 Å². The van der Waals surface area contributed by atoms with Crippen LogP contribution in [0, 0.1) is 31.0 Å². The van der Waals surface area contributed by atoms with Crippen molar-refractivity contribution < 1.29 is 4.39 Å². The van der Waals surface area contributed by atoms with Crippen LogP contribution < -0.4 is 4.90 Å². The third-order valence-electron chi connectivity index (χ3n) is 4.92. The number of nitrogens with zero attached hydrogens (tertiary/aromatic N) is 6. The van der Waals surface area contributed by atoms with Gasteiger partial charge in [-0.25, -0.2) is 9.37 Å². The van der Waals surface area contributed by atoms with Crippen LogP contribution >= 0.6 is 0 Å². The van der Waals surface area contributed by atoms with E-state index in [2.05, 4.69) is 36.0 Å². The minimum Gasteiger partial charge on any atom is -0.367 e. The third-order valence-corrected chi connectivity index (χ3v) is 4.92. The number of aromatic amines is 1. The number of hydrogen-bond acceptors (Lipinski definition) is 6. The monoisotopic (exact) mass is 365 g/mol. The van der Waals surface area contributed by atoms with Gasteiger partial charge in [0.2, 0.25) is 0 Å². The van der Waals surface area contributed by atoms with Crippen molar-refractivity contribution in [3.63, 3.8) is 0 Å². The predicted octanol–water partition coefficient (Wildman–Crippen LogP) is 2.30. The zero-order valence-corrected chi connectivity index (χ0v) is 15.3. The molecule has 0 unspecified atom stereocenters. The molecule has 1 aliphatic heterocycles. The molecule has 1 aromatic carbocycles. The molecule has 8 heteroatoms. The molecule has 3 aromatic rings. The predicted molar refractivity (Wildman–Crippen MR) is 99.8 cm³/mol. The number of piperazine rings is 1. The molecule has 1 N–H and O–H groups in total. The van der Waals surface area contributed by atoms with Crippen molar-refractivity contribution in [3.8, 4) is 6.07 Å². The highest BCUT2D eigenvalue weighted by molar-refractivity contribution is 5.96. The van der Waals surface area contributed by atoms with Crippen LogP contribution in [0.15, 0.2) is 18.3 Å². The molecular weight excluding hydrogens is 345 g/mol. The number of aromatic nitrogens is 4. The molecule has 7 nitrogen and oxygen atoms in total. The summed E-state index contributed by atoms with van der Waals surface area (Å²) in [4.78, 5) is 13.2. The number of benzene rings is 1. The highest BCUT2D eigenvalue weighted by atomic mass is 19.1. The smallest absolute Gasteiger partial charge is 0.164 e. The van der Waals surface area contributed by atoms with E-state index in [0.29, 0.717) is 17.5 Å². The van der Waals surface area contributed by atoms with Gasteiger partial charge in [0.1, 0.15) is 17.7 Å². The van der Waals surface area contributed by atoms with E-state index in [1.165, 1.54) is 12.1 Å². The summed E-state index contributed by atoms with van der Waals surface area (Å²) in [6.07, 6.45) is 1.59. The summed E-state index contributed by atoms with van der Waals surface area (Å²) in [5.74, 6) is 1.28. The van der Waals surface area contributed by atoms with Crippen molar-refractivity contribution >= 4 is 16.6 Å². The zero-order chi connectivity index (χ0) is 19.0. The zero-order valence-electron chi connectivity index (χ0n) is 15.3. The van der Waals surface area contributed by atoms with Gasteiger partial charge in [0.25, 0.3) is 0 Å². The molecule has 0 aliphatic carbocycles. The van der Waals surface area contributed by atoms with E-state index in [1.54, 1.807) is 6.20 Å². The van der Waals surface area contributed by atoms with E-state index in [4.69, 9.17) is 0 Å². The van der Waals surface area contributed by atoms with Crippen LogP contribution in [0.3, 0.4) is 0 Å². The first kappa shape index (κ1) is 17.4. The molecule has 0 saturated carbocycles. The second-order valence-corrected chi connectivity index (χ2v) is 6.85. The van der Waals surface area contributed by atoms with E-state index in [1.807, 2.05) is 13.8 Å². The van der Waals surface area contributed by atoms with Crippen molar-refractivity contribution in [1.29, 1.82) is 5.26 Å². The average Bonchev–Trinajstić information content (AvgIpc) is 3.06. The lowest BCUT2D eigenvalue weighted by Gasteiger charge is -2.36. The molecule has 3 heterocycles. The quantitative estimate of drug-likeness (QED) is 0.767. The van der Waals surface area contributed by atoms with Gasteiger partial charge >= 0.3 is 0 Å². The molecule has 1 saturated heterocycles. The number of pyridine rings is 1. The van der Waals surface area contributed by atoms with Gasteiger partial charge in [-0.2, -0.15) is 10.4 Å². The number of aryl methyl sites for hydroxylation is 2. The Kier molecular flexibility index (Phi) is 4.46. The topological polar surface area (TPSA) is 84.7 Å². The normalized spacial score (nSPS) is 15.3. The van der Waals surface area contributed by atoms with Gasteiger partial charge in [-0.05, 0) is 31.5 Å². The number of rotatable bonds is 3. The van der Waals surface area contributed by atoms with Crippen molar-refractivity contribution in [2.75, 3.05) is 31.1 Å². The number of nitriles is 1. The van der Waals surface area contributed by atoms with Crippen molar-refractivity contribution in [3.05, 3.63) is 46.9 Å². The number of H-pyrrole nitrogens is 1. The van der Waals surface area contributed by atoms with E-state index >= 15 is 0 Å². The maximum absolute atomic E-state index is 14.0. The largest absolute Gasteiger partial charge is 0.367 e. The summed E-state index contributed by atoms with van der Waals surface area (Å²) in [6, 6.07) is 5.17. The maximum Gasteiger partial charge on any atom is 0.164 e. The fraction of sp³-hybridized carbons (Fsp3) is 0.368. The second-order valence-electron chi connectivity index (χ2n) is 6.85. The Labute approximate surface area is 156 Å². The summed E-state index contributed by atoms with van der Waals surface area (Å²) >= 11 is 0. The molecule has 27 heavy (non-hydrogen) atoms. The molecule has 4 rings (SSSR count). The number of hydrogen-bond donors (Lipinski definition) is 1.